The topological polar surface area (TPSA) is 132 Å². The van der Waals surface area contributed by atoms with Gasteiger partial charge in [-0.25, -0.2) is 43.9 Å². The molecule has 10 nitrogen and oxygen atoms in total. The molecule has 2 heterocycles. The van der Waals surface area contributed by atoms with Crippen molar-refractivity contribution < 1.29 is 43.9 Å². The first-order chi connectivity index (χ1) is 12.8. The smallest absolute Gasteiger partial charge is 0.243 e. The van der Waals surface area contributed by atoms with Gasteiger partial charge in [0.1, 0.15) is 45.0 Å². The second-order valence-electron chi connectivity index (χ2n) is 5.15. The van der Waals surface area contributed by atoms with Gasteiger partial charge in [0.05, 0.1) is 27.2 Å². The van der Waals surface area contributed by atoms with Crippen LogP contribution in [0.15, 0.2) is 37.4 Å². The Morgan fingerprint density at radius 1 is 0.786 bits per heavy atom. The molecule has 0 aliphatic heterocycles. The predicted octanol–water partition coefficient (Wildman–Crippen LogP) is -0.418. The van der Waals surface area contributed by atoms with E-state index in [4.69, 9.17) is 25.9 Å². The summed E-state index contributed by atoms with van der Waals surface area (Å²) in [6.07, 6.45) is 12.3. The van der Waals surface area contributed by atoms with Crippen molar-refractivity contribution in [3.8, 4) is 0 Å². The van der Waals surface area contributed by atoms with Gasteiger partial charge in [0.25, 0.3) is 0 Å². The second kappa shape index (κ2) is 14.1. The van der Waals surface area contributed by atoms with Gasteiger partial charge >= 0.3 is 0 Å². The van der Waals surface area contributed by atoms with E-state index in [1.165, 1.54) is 0 Å². The Kier molecular flexibility index (Phi) is 14.3. The highest BCUT2D eigenvalue weighted by molar-refractivity contribution is 7.85. The quantitative estimate of drug-likeness (QED) is 0.461. The number of imidazole rings is 2. The first-order valence-electron chi connectivity index (χ1n) is 7.79. The molecule has 0 fully saturated rings. The molecule has 0 amide bonds. The normalized spacial score (nSPS) is 10.6. The van der Waals surface area contributed by atoms with Gasteiger partial charge in [-0.2, -0.15) is 0 Å². The summed E-state index contributed by atoms with van der Waals surface area (Å²) in [5.41, 5.74) is 0. The molecular formula is C14H26F2N4O6S2. The van der Waals surface area contributed by atoms with E-state index in [0.29, 0.717) is 0 Å². The Hall–Kier alpha value is -1.90. The van der Waals surface area contributed by atoms with Gasteiger partial charge in [0.2, 0.25) is 12.7 Å². The zero-order valence-corrected chi connectivity index (χ0v) is 17.7. The van der Waals surface area contributed by atoms with Crippen molar-refractivity contribution in [2.24, 2.45) is 14.1 Å². The average molecular weight is 449 g/mol. The van der Waals surface area contributed by atoms with E-state index in [1.54, 1.807) is 0 Å². The minimum absolute atomic E-state index is 1.06. The van der Waals surface area contributed by atoms with Gasteiger partial charge < -0.3 is 9.11 Å². The van der Waals surface area contributed by atoms with Gasteiger partial charge in [0, 0.05) is 0 Å². The van der Waals surface area contributed by atoms with E-state index in [0.717, 1.165) is 13.1 Å². The summed E-state index contributed by atoms with van der Waals surface area (Å²) in [5.74, 6) is 0. The number of hydrogen-bond acceptors (Lipinski definition) is 6. The molecule has 164 valence electrons. The van der Waals surface area contributed by atoms with E-state index >= 15 is 0 Å². The van der Waals surface area contributed by atoms with Gasteiger partial charge in [-0.15, -0.1) is 0 Å². The molecule has 0 spiro atoms. The zero-order chi connectivity index (χ0) is 22.4. The molecule has 2 aromatic heterocycles. The molecule has 0 radical (unpaired) electrons. The summed E-state index contributed by atoms with van der Waals surface area (Å²) in [7, 11) is -5.12. The van der Waals surface area contributed by atoms with Crippen LogP contribution in [0, 0.1) is 0 Å². The lowest BCUT2D eigenvalue weighted by Crippen LogP contribution is -2.23. The van der Waals surface area contributed by atoms with Crippen LogP contribution in [0.2, 0.25) is 0 Å². The van der Waals surface area contributed by atoms with Crippen molar-refractivity contribution in [3.05, 3.63) is 37.4 Å². The Bertz CT molecular complexity index is 794. The minimum atomic E-state index is -4.58. The van der Waals surface area contributed by atoms with Crippen LogP contribution in [0.4, 0.5) is 8.78 Å². The molecule has 14 heteroatoms. The largest absolute Gasteiger partial charge is 0.746 e. The summed E-state index contributed by atoms with van der Waals surface area (Å²) in [5, 5.41) is 0. The molecule has 2 rings (SSSR count). The molecule has 0 aliphatic carbocycles. The molecule has 0 saturated carbocycles. The summed E-state index contributed by atoms with van der Waals surface area (Å²) in [6.45, 7) is 6.36. The van der Waals surface area contributed by atoms with Crippen molar-refractivity contribution in [2.75, 3.05) is 12.0 Å². The highest BCUT2D eigenvalue weighted by Gasteiger charge is 1.93. The number of aromatic nitrogens is 4. The van der Waals surface area contributed by atoms with E-state index in [-0.39, 0.29) is 0 Å². The zero-order valence-electron chi connectivity index (χ0n) is 16.1. The summed E-state index contributed by atoms with van der Waals surface area (Å²) < 4.78 is 83.9. The van der Waals surface area contributed by atoms with Crippen LogP contribution in [-0.2, 0) is 47.4 Å². The van der Waals surface area contributed by atoms with Gasteiger partial charge in [0.15, 0.2) is 12.0 Å². The molecule has 0 aromatic carbocycles. The molecule has 2 aromatic rings. The van der Waals surface area contributed by atoms with Gasteiger partial charge in [-0.3, -0.25) is 0 Å². The Morgan fingerprint density at radius 3 is 1.11 bits per heavy atom. The highest BCUT2D eigenvalue weighted by Crippen LogP contribution is 1.80. The van der Waals surface area contributed by atoms with E-state index in [9.17, 15) is 8.78 Å². The summed E-state index contributed by atoms with van der Waals surface area (Å²) >= 11 is 0. The minimum Gasteiger partial charge on any atom is -0.746 e. The highest BCUT2D eigenvalue weighted by atomic mass is 32.2. The molecule has 0 N–H and O–H groups in total. The van der Waals surface area contributed by atoms with Crippen molar-refractivity contribution in [2.45, 2.75) is 26.9 Å². The van der Waals surface area contributed by atoms with Crippen molar-refractivity contribution in [1.29, 1.82) is 0 Å². The van der Waals surface area contributed by atoms with Crippen LogP contribution in [-0.4, -0.2) is 47.1 Å². The summed E-state index contributed by atoms with van der Waals surface area (Å²) in [4.78, 5) is 0. The molecule has 0 aliphatic rings. The third-order valence-corrected chi connectivity index (χ3v) is 3.18. The Morgan fingerprint density at radius 2 is 1.04 bits per heavy atom. The van der Waals surface area contributed by atoms with E-state index in [1.807, 2.05) is 35.6 Å². The fourth-order valence-corrected chi connectivity index (χ4v) is 1.38. The van der Waals surface area contributed by atoms with Crippen LogP contribution in [0.25, 0.3) is 0 Å². The second-order valence-corrected chi connectivity index (χ2v) is 7.82. The molecular weight excluding hydrogens is 422 g/mol. The maximum Gasteiger partial charge on any atom is 0.243 e. The van der Waals surface area contributed by atoms with Crippen LogP contribution >= 0.6 is 0 Å². The van der Waals surface area contributed by atoms with Gasteiger partial charge in [-0.05, 0) is 13.8 Å². The van der Waals surface area contributed by atoms with E-state index in [2.05, 4.69) is 48.0 Å². The fraction of sp³-hybridized carbons (Fsp3) is 0.571. The summed E-state index contributed by atoms with van der Waals surface area (Å²) in [6, 6.07) is -3.62. The molecule has 0 atom stereocenters. The standard InChI is InChI=1S/2C6H11N2.2CH3FO3S/c2*1-3-8-5-4-7(2)6-8;2*2-1-6(3,4)5/h2*4-6H,3H2,1-2H3;2*1H2,(H,3,4,5)/q2*+1;;/p-2. The van der Waals surface area contributed by atoms with Crippen LogP contribution < -0.4 is 9.13 Å². The number of halogens is 2. The number of aryl methyl sites for hydroxylation is 4. The van der Waals surface area contributed by atoms with Crippen LogP contribution in [0.3, 0.4) is 0 Å². The fourth-order valence-electron chi connectivity index (χ4n) is 1.38. The maximum absolute atomic E-state index is 10.6. The molecule has 0 bridgehead atoms. The monoisotopic (exact) mass is 448 g/mol. The average Bonchev–Trinajstić information content (AvgIpc) is 3.23. The lowest BCUT2D eigenvalue weighted by Gasteiger charge is -1.94. The number of alkyl halides is 2. The van der Waals surface area contributed by atoms with Crippen molar-refractivity contribution in [3.63, 3.8) is 0 Å². The van der Waals surface area contributed by atoms with Crippen molar-refractivity contribution in [1.82, 2.24) is 9.13 Å². The third-order valence-electron chi connectivity index (χ3n) is 2.65. The Labute approximate surface area is 164 Å². The lowest BCUT2D eigenvalue weighted by molar-refractivity contribution is -0.671. The van der Waals surface area contributed by atoms with Gasteiger partial charge in [-0.1, -0.05) is 0 Å². The first kappa shape index (κ1) is 28.3. The molecule has 0 saturated heterocycles. The SMILES string of the molecule is CCn1cc[n+](C)c1.CCn1cc[n+](C)c1.O=S(=O)([O-])CF.O=S(=O)([O-])CF. The van der Waals surface area contributed by atoms with Crippen molar-refractivity contribution >= 4 is 20.2 Å². The van der Waals surface area contributed by atoms with E-state index < -0.39 is 32.2 Å². The predicted molar refractivity (Wildman–Crippen MR) is 93.9 cm³/mol. The molecule has 28 heavy (non-hydrogen) atoms. The number of nitrogens with zero attached hydrogens (tertiary/aromatic N) is 4. The molecule has 0 unspecified atom stereocenters. The number of hydrogen-bond donors (Lipinski definition) is 0. The number of rotatable bonds is 4. The van der Waals surface area contributed by atoms with Crippen LogP contribution in [0.1, 0.15) is 13.8 Å². The first-order valence-corrected chi connectivity index (χ1v) is 10.9. The third kappa shape index (κ3) is 18.9. The maximum atomic E-state index is 10.6. The lowest BCUT2D eigenvalue weighted by atomic mass is 10.7. The van der Waals surface area contributed by atoms with Crippen LogP contribution in [0.5, 0.6) is 0 Å². The Balaban J connectivity index is 0.